The van der Waals surface area contributed by atoms with E-state index >= 15 is 0 Å². The van der Waals surface area contributed by atoms with Gasteiger partial charge in [0.25, 0.3) is 0 Å². The quantitative estimate of drug-likeness (QED) is 0.857. The van der Waals surface area contributed by atoms with Crippen LogP contribution in [0, 0.1) is 17.6 Å². The highest BCUT2D eigenvalue weighted by Crippen LogP contribution is 2.31. The Labute approximate surface area is 148 Å². The number of halogens is 2. The molecule has 7 nitrogen and oxygen atoms in total. The van der Waals surface area contributed by atoms with Crippen LogP contribution in [0.25, 0.3) is 0 Å². The van der Waals surface area contributed by atoms with Crippen molar-refractivity contribution in [2.45, 2.75) is 25.0 Å². The van der Waals surface area contributed by atoms with Gasteiger partial charge in [-0.1, -0.05) is 0 Å². The number of hydrogen-bond acceptors (Lipinski definition) is 4. The van der Waals surface area contributed by atoms with Gasteiger partial charge in [-0.3, -0.25) is 9.59 Å². The fourth-order valence-electron chi connectivity index (χ4n) is 3.49. The minimum absolute atomic E-state index is 0.0826. The summed E-state index contributed by atoms with van der Waals surface area (Å²) in [6.07, 6.45) is -0.368. The number of carboxylic acid groups (broad SMARTS) is 1. The average Bonchev–Trinajstić information content (AvgIpc) is 3.18. The standard InChI is InChI=1S/C17H18F2N2O5/c1-26-11-6-14(17(24)25)21(8-11)16(23)9-4-15(22)20(7-9)13-3-2-10(18)5-12(13)19/h2-3,5,9,11,14H,4,6-8H2,1H3,(H,24,25). The monoisotopic (exact) mass is 368 g/mol. The van der Waals surface area contributed by atoms with E-state index < -0.39 is 41.4 Å². The maximum atomic E-state index is 13.9. The molecule has 3 rings (SSSR count). The van der Waals surface area contributed by atoms with Crippen LogP contribution in [0.15, 0.2) is 18.2 Å². The number of benzene rings is 1. The van der Waals surface area contributed by atoms with E-state index in [1.165, 1.54) is 12.0 Å². The van der Waals surface area contributed by atoms with Crippen LogP contribution in [0.3, 0.4) is 0 Å². The van der Waals surface area contributed by atoms with Crippen molar-refractivity contribution < 1.29 is 33.0 Å². The fraction of sp³-hybridized carbons (Fsp3) is 0.471. The van der Waals surface area contributed by atoms with E-state index in [2.05, 4.69) is 0 Å². The largest absolute Gasteiger partial charge is 0.480 e. The van der Waals surface area contributed by atoms with Crippen molar-refractivity contribution in [2.24, 2.45) is 5.92 Å². The first-order valence-corrected chi connectivity index (χ1v) is 8.13. The summed E-state index contributed by atoms with van der Waals surface area (Å²) in [6, 6.07) is 1.83. The number of nitrogens with zero attached hydrogens (tertiary/aromatic N) is 2. The van der Waals surface area contributed by atoms with Crippen LogP contribution in [-0.2, 0) is 19.1 Å². The molecule has 0 aromatic heterocycles. The Balaban J connectivity index is 1.77. The molecule has 1 N–H and O–H groups in total. The molecule has 2 saturated heterocycles. The predicted octanol–water partition coefficient (Wildman–Crippen LogP) is 1.02. The molecule has 2 heterocycles. The van der Waals surface area contributed by atoms with Crippen molar-refractivity contribution in [3.63, 3.8) is 0 Å². The summed E-state index contributed by atoms with van der Waals surface area (Å²) in [7, 11) is 1.44. The molecule has 1 aromatic carbocycles. The molecule has 3 atom stereocenters. The average molecular weight is 368 g/mol. The molecule has 0 spiro atoms. The molecule has 1 aromatic rings. The van der Waals surface area contributed by atoms with Crippen LogP contribution in [-0.4, -0.2) is 60.1 Å². The molecule has 26 heavy (non-hydrogen) atoms. The zero-order valence-electron chi connectivity index (χ0n) is 14.0. The molecular weight excluding hydrogens is 350 g/mol. The summed E-state index contributed by atoms with van der Waals surface area (Å²) >= 11 is 0. The van der Waals surface area contributed by atoms with Crippen molar-refractivity contribution in [2.75, 3.05) is 25.1 Å². The molecule has 2 amide bonds. The summed E-state index contributed by atoms with van der Waals surface area (Å²) in [6.45, 7) is 0.0443. The third kappa shape index (κ3) is 3.26. The van der Waals surface area contributed by atoms with Crippen molar-refractivity contribution in [3.8, 4) is 0 Å². The van der Waals surface area contributed by atoms with Gasteiger partial charge in [0.05, 0.1) is 17.7 Å². The number of carbonyl (C=O) groups excluding carboxylic acids is 2. The number of rotatable bonds is 4. The molecule has 3 unspecified atom stereocenters. The lowest BCUT2D eigenvalue weighted by atomic mass is 10.1. The maximum Gasteiger partial charge on any atom is 0.326 e. The number of aliphatic carboxylic acids is 1. The Morgan fingerprint density at radius 1 is 1.27 bits per heavy atom. The SMILES string of the molecule is COC1CC(C(=O)O)N(C(=O)C2CC(=O)N(c3ccc(F)cc3F)C2)C1. The van der Waals surface area contributed by atoms with Gasteiger partial charge in [-0.05, 0) is 12.1 Å². The van der Waals surface area contributed by atoms with Crippen molar-refractivity contribution in [1.29, 1.82) is 0 Å². The van der Waals surface area contributed by atoms with Crippen LogP contribution in [0.2, 0.25) is 0 Å². The summed E-state index contributed by atoms with van der Waals surface area (Å²) < 4.78 is 32.2. The minimum atomic E-state index is -1.14. The molecule has 2 fully saturated rings. The Hall–Kier alpha value is -2.55. The van der Waals surface area contributed by atoms with E-state index in [-0.39, 0.29) is 37.7 Å². The van der Waals surface area contributed by atoms with E-state index in [0.717, 1.165) is 17.0 Å². The van der Waals surface area contributed by atoms with Crippen LogP contribution in [0.1, 0.15) is 12.8 Å². The van der Waals surface area contributed by atoms with E-state index in [1.807, 2.05) is 0 Å². The number of anilines is 1. The molecule has 140 valence electrons. The second-order valence-electron chi connectivity index (χ2n) is 6.44. The number of ether oxygens (including phenoxy) is 1. The van der Waals surface area contributed by atoms with Gasteiger partial charge in [0.2, 0.25) is 11.8 Å². The van der Waals surface area contributed by atoms with Gasteiger partial charge in [0.1, 0.15) is 17.7 Å². The molecule has 0 aliphatic carbocycles. The maximum absolute atomic E-state index is 13.9. The van der Waals surface area contributed by atoms with Crippen LogP contribution >= 0.6 is 0 Å². The second-order valence-corrected chi connectivity index (χ2v) is 6.44. The minimum Gasteiger partial charge on any atom is -0.480 e. The number of likely N-dealkylation sites (tertiary alicyclic amines) is 1. The molecule has 2 aliphatic heterocycles. The Morgan fingerprint density at radius 3 is 2.62 bits per heavy atom. The van der Waals surface area contributed by atoms with E-state index in [9.17, 15) is 28.3 Å². The number of methoxy groups -OCH3 is 1. The van der Waals surface area contributed by atoms with E-state index in [1.54, 1.807) is 0 Å². The highest BCUT2D eigenvalue weighted by molar-refractivity contribution is 6.01. The van der Waals surface area contributed by atoms with Gasteiger partial charge in [0, 0.05) is 39.1 Å². The predicted molar refractivity (Wildman–Crippen MR) is 85.4 cm³/mol. The Bertz CT molecular complexity index is 757. The normalized spacial score (nSPS) is 25.8. The van der Waals surface area contributed by atoms with Gasteiger partial charge in [0.15, 0.2) is 0 Å². The molecule has 0 bridgehead atoms. The number of amides is 2. The topological polar surface area (TPSA) is 87.1 Å². The summed E-state index contributed by atoms with van der Waals surface area (Å²) in [5.41, 5.74) is -0.0994. The molecule has 0 radical (unpaired) electrons. The van der Waals surface area contributed by atoms with Gasteiger partial charge in [-0.15, -0.1) is 0 Å². The first-order chi connectivity index (χ1) is 12.3. The molecule has 0 saturated carbocycles. The lowest BCUT2D eigenvalue weighted by Gasteiger charge is -2.24. The number of carboxylic acids is 1. The lowest BCUT2D eigenvalue weighted by Crippen LogP contribution is -2.44. The third-order valence-corrected chi connectivity index (χ3v) is 4.84. The zero-order valence-corrected chi connectivity index (χ0v) is 14.0. The van der Waals surface area contributed by atoms with E-state index in [4.69, 9.17) is 4.74 Å². The van der Waals surface area contributed by atoms with Crippen molar-refractivity contribution in [1.82, 2.24) is 4.90 Å². The summed E-state index contributed by atoms with van der Waals surface area (Å²) in [5.74, 6) is -4.53. The summed E-state index contributed by atoms with van der Waals surface area (Å²) in [5, 5.41) is 9.32. The molecular formula is C17H18F2N2O5. The highest BCUT2D eigenvalue weighted by Gasteiger charge is 2.45. The van der Waals surface area contributed by atoms with Gasteiger partial charge < -0.3 is 19.6 Å². The smallest absolute Gasteiger partial charge is 0.326 e. The van der Waals surface area contributed by atoms with Gasteiger partial charge >= 0.3 is 5.97 Å². The van der Waals surface area contributed by atoms with Crippen molar-refractivity contribution in [3.05, 3.63) is 29.8 Å². The highest BCUT2D eigenvalue weighted by atomic mass is 19.1. The van der Waals surface area contributed by atoms with Crippen molar-refractivity contribution >= 4 is 23.5 Å². The first kappa shape index (κ1) is 18.2. The second kappa shape index (κ2) is 6.99. The molecule has 2 aliphatic rings. The lowest BCUT2D eigenvalue weighted by molar-refractivity contribution is -0.149. The summed E-state index contributed by atoms with van der Waals surface area (Å²) in [4.78, 5) is 38.7. The molecule has 9 heteroatoms. The first-order valence-electron chi connectivity index (χ1n) is 8.13. The Kier molecular flexibility index (Phi) is 4.90. The van der Waals surface area contributed by atoms with Crippen LogP contribution in [0.4, 0.5) is 14.5 Å². The van der Waals surface area contributed by atoms with Crippen LogP contribution in [0.5, 0.6) is 0 Å². The van der Waals surface area contributed by atoms with Gasteiger partial charge in [-0.2, -0.15) is 0 Å². The van der Waals surface area contributed by atoms with Gasteiger partial charge in [-0.25, -0.2) is 13.6 Å². The number of hydrogen-bond donors (Lipinski definition) is 1. The number of carbonyl (C=O) groups is 3. The third-order valence-electron chi connectivity index (χ3n) is 4.84. The fourth-order valence-corrected chi connectivity index (χ4v) is 3.49. The zero-order chi connectivity index (χ0) is 19.0. The van der Waals surface area contributed by atoms with E-state index in [0.29, 0.717) is 6.07 Å². The van der Waals surface area contributed by atoms with Crippen LogP contribution < -0.4 is 4.90 Å². The Morgan fingerprint density at radius 2 is 2.00 bits per heavy atom.